The topological polar surface area (TPSA) is 75.7 Å². The molecule has 0 saturated carbocycles. The number of carbonyl (C=O) groups excluding carboxylic acids is 1. The predicted molar refractivity (Wildman–Crippen MR) is 112 cm³/mol. The highest BCUT2D eigenvalue weighted by atomic mass is 32.2. The number of carbonyl (C=O) groups is 1. The summed E-state index contributed by atoms with van der Waals surface area (Å²) in [5, 5.41) is 2.82. The number of sulfonamides is 1. The van der Waals surface area contributed by atoms with Crippen LogP contribution in [0.4, 0.5) is 5.69 Å². The van der Waals surface area contributed by atoms with Crippen molar-refractivity contribution in [2.24, 2.45) is 0 Å². The van der Waals surface area contributed by atoms with Gasteiger partial charge in [-0.25, -0.2) is 8.42 Å². The van der Waals surface area contributed by atoms with E-state index in [9.17, 15) is 13.2 Å². The van der Waals surface area contributed by atoms with Crippen molar-refractivity contribution in [1.29, 1.82) is 0 Å². The van der Waals surface area contributed by atoms with Crippen LogP contribution in [0.25, 0.3) is 11.1 Å². The third kappa shape index (κ3) is 3.76. The van der Waals surface area contributed by atoms with Crippen LogP contribution in [-0.2, 0) is 19.6 Å². The van der Waals surface area contributed by atoms with Crippen molar-refractivity contribution in [1.82, 2.24) is 5.32 Å². The molecule has 1 fully saturated rings. The van der Waals surface area contributed by atoms with Crippen molar-refractivity contribution in [2.45, 2.75) is 43.6 Å². The molecule has 1 amide bonds. The Hall–Kier alpha value is -2.38. The molecular formula is C22H26N2O4S. The summed E-state index contributed by atoms with van der Waals surface area (Å²) in [5.41, 5.74) is 3.19. The molecule has 2 aliphatic heterocycles. The Labute approximate surface area is 171 Å². The summed E-state index contributed by atoms with van der Waals surface area (Å²) in [7, 11) is -3.82. The first-order valence-electron chi connectivity index (χ1n) is 10.0. The number of hydrogen-bond donors (Lipinski definition) is 1. The highest BCUT2D eigenvalue weighted by Gasteiger charge is 2.36. The zero-order valence-corrected chi connectivity index (χ0v) is 17.5. The molecule has 2 heterocycles. The summed E-state index contributed by atoms with van der Waals surface area (Å²) in [4.78, 5) is 12.8. The Morgan fingerprint density at radius 1 is 1.21 bits per heavy atom. The van der Waals surface area contributed by atoms with Gasteiger partial charge in [0.25, 0.3) is 10.0 Å². The number of amides is 1. The summed E-state index contributed by atoms with van der Waals surface area (Å²) in [6.45, 7) is 5.07. The van der Waals surface area contributed by atoms with Crippen LogP contribution in [0, 0.1) is 0 Å². The Morgan fingerprint density at radius 2 is 2.00 bits per heavy atom. The van der Waals surface area contributed by atoms with Crippen LogP contribution in [0.5, 0.6) is 0 Å². The standard InChI is InChI=1S/C22H26N2O4S/c1-15(2)16-9-10-20-19(12-16)18-7-3-4-8-21(18)29(26,27)24(20)14-22(25)23-13-17-6-5-11-28-17/h3-4,7-10,12,15,17H,5-6,11,13-14H2,1-2H3,(H,23,25). The Morgan fingerprint density at radius 3 is 2.72 bits per heavy atom. The van der Waals surface area contributed by atoms with E-state index in [0.29, 0.717) is 30.3 Å². The number of nitrogens with zero attached hydrogens (tertiary/aromatic N) is 1. The molecule has 0 spiro atoms. The fourth-order valence-electron chi connectivity index (χ4n) is 3.90. The van der Waals surface area contributed by atoms with E-state index in [1.54, 1.807) is 12.1 Å². The fourth-order valence-corrected chi connectivity index (χ4v) is 5.55. The van der Waals surface area contributed by atoms with Crippen molar-refractivity contribution in [3.63, 3.8) is 0 Å². The predicted octanol–water partition coefficient (Wildman–Crippen LogP) is 3.28. The van der Waals surface area contributed by atoms with Gasteiger partial charge in [0.1, 0.15) is 6.54 Å². The lowest BCUT2D eigenvalue weighted by molar-refractivity contribution is -0.120. The largest absolute Gasteiger partial charge is 0.376 e. The van der Waals surface area contributed by atoms with Crippen molar-refractivity contribution >= 4 is 21.6 Å². The molecule has 2 aromatic carbocycles. The first-order valence-corrected chi connectivity index (χ1v) is 11.5. The van der Waals surface area contributed by atoms with Crippen LogP contribution in [0.1, 0.15) is 38.2 Å². The molecule has 7 heteroatoms. The molecule has 4 rings (SSSR count). The monoisotopic (exact) mass is 414 g/mol. The van der Waals surface area contributed by atoms with E-state index in [-0.39, 0.29) is 23.5 Å². The Bertz CT molecular complexity index is 1030. The quantitative estimate of drug-likeness (QED) is 0.815. The molecule has 1 unspecified atom stereocenters. The zero-order chi connectivity index (χ0) is 20.6. The fraction of sp³-hybridized carbons (Fsp3) is 0.409. The highest BCUT2D eigenvalue weighted by Crippen LogP contribution is 2.43. The van der Waals surface area contributed by atoms with E-state index in [1.165, 1.54) is 4.31 Å². The lowest BCUT2D eigenvalue weighted by Crippen LogP contribution is -2.44. The number of hydrogen-bond acceptors (Lipinski definition) is 4. The Kier molecular flexibility index (Phi) is 5.36. The van der Waals surface area contributed by atoms with Crippen molar-refractivity contribution in [3.05, 3.63) is 48.0 Å². The number of rotatable bonds is 5. The lowest BCUT2D eigenvalue weighted by atomic mass is 9.95. The summed E-state index contributed by atoms with van der Waals surface area (Å²) < 4.78 is 33.4. The molecule has 2 aromatic rings. The van der Waals surface area contributed by atoms with Crippen molar-refractivity contribution in [3.8, 4) is 11.1 Å². The van der Waals surface area contributed by atoms with Gasteiger partial charge >= 0.3 is 0 Å². The maximum absolute atomic E-state index is 13.3. The van der Waals surface area contributed by atoms with Gasteiger partial charge in [-0.15, -0.1) is 0 Å². The maximum atomic E-state index is 13.3. The average molecular weight is 415 g/mol. The molecule has 1 N–H and O–H groups in total. The van der Waals surface area contributed by atoms with Gasteiger partial charge in [0.2, 0.25) is 5.91 Å². The van der Waals surface area contributed by atoms with E-state index in [4.69, 9.17) is 4.74 Å². The number of nitrogens with one attached hydrogen (secondary N) is 1. The maximum Gasteiger partial charge on any atom is 0.265 e. The number of ether oxygens (including phenoxy) is 1. The van der Waals surface area contributed by atoms with Crippen LogP contribution >= 0.6 is 0 Å². The van der Waals surface area contributed by atoms with Gasteiger partial charge in [0.15, 0.2) is 0 Å². The third-order valence-electron chi connectivity index (χ3n) is 5.54. The first-order chi connectivity index (χ1) is 13.9. The molecule has 0 aromatic heterocycles. The van der Waals surface area contributed by atoms with Crippen LogP contribution in [0.15, 0.2) is 47.4 Å². The van der Waals surface area contributed by atoms with Gasteiger partial charge in [-0.05, 0) is 42.5 Å². The average Bonchev–Trinajstić information content (AvgIpc) is 3.23. The molecular weight excluding hydrogens is 388 g/mol. The minimum Gasteiger partial charge on any atom is -0.376 e. The molecule has 29 heavy (non-hydrogen) atoms. The molecule has 1 atom stereocenters. The number of fused-ring (bicyclic) bond motifs is 3. The molecule has 1 saturated heterocycles. The molecule has 0 bridgehead atoms. The van der Waals surface area contributed by atoms with Crippen LogP contribution < -0.4 is 9.62 Å². The normalized spacial score (nSPS) is 19.7. The Balaban J connectivity index is 1.68. The smallest absolute Gasteiger partial charge is 0.265 e. The molecule has 6 nitrogen and oxygen atoms in total. The highest BCUT2D eigenvalue weighted by molar-refractivity contribution is 7.93. The van der Waals surface area contributed by atoms with E-state index < -0.39 is 10.0 Å². The van der Waals surface area contributed by atoms with Gasteiger partial charge in [0, 0.05) is 24.3 Å². The zero-order valence-electron chi connectivity index (χ0n) is 16.7. The molecule has 0 radical (unpaired) electrons. The van der Waals surface area contributed by atoms with Crippen molar-refractivity contribution < 1.29 is 17.9 Å². The molecule has 0 aliphatic carbocycles. The van der Waals surface area contributed by atoms with Crippen molar-refractivity contribution in [2.75, 3.05) is 24.0 Å². The molecule has 154 valence electrons. The second-order valence-corrected chi connectivity index (χ2v) is 9.71. The van der Waals surface area contributed by atoms with E-state index in [0.717, 1.165) is 24.0 Å². The summed E-state index contributed by atoms with van der Waals surface area (Å²) >= 11 is 0. The summed E-state index contributed by atoms with van der Waals surface area (Å²) in [6, 6.07) is 12.8. The lowest BCUT2D eigenvalue weighted by Gasteiger charge is -2.32. The summed E-state index contributed by atoms with van der Waals surface area (Å²) in [6.07, 6.45) is 1.92. The third-order valence-corrected chi connectivity index (χ3v) is 7.36. The van der Waals surface area contributed by atoms with Gasteiger partial charge in [-0.1, -0.05) is 38.1 Å². The summed E-state index contributed by atoms with van der Waals surface area (Å²) in [5.74, 6) is -0.0171. The minimum absolute atomic E-state index is 0.0125. The van der Waals surface area contributed by atoms with E-state index >= 15 is 0 Å². The second-order valence-electron chi connectivity index (χ2n) is 7.88. The number of benzene rings is 2. The van der Waals surface area contributed by atoms with E-state index in [1.807, 2.05) is 30.3 Å². The first kappa shape index (κ1) is 19.9. The SMILES string of the molecule is CC(C)c1ccc2c(c1)-c1ccccc1S(=O)(=O)N2CC(=O)NCC1CCCO1. The van der Waals surface area contributed by atoms with E-state index in [2.05, 4.69) is 19.2 Å². The van der Waals surface area contributed by atoms with Gasteiger partial charge in [0.05, 0.1) is 16.7 Å². The number of anilines is 1. The van der Waals surface area contributed by atoms with Gasteiger partial charge < -0.3 is 10.1 Å². The second kappa shape index (κ2) is 7.80. The van der Waals surface area contributed by atoms with Gasteiger partial charge in [-0.3, -0.25) is 9.10 Å². The molecule has 2 aliphatic rings. The van der Waals surface area contributed by atoms with Crippen LogP contribution in [-0.4, -0.2) is 40.1 Å². The van der Waals surface area contributed by atoms with Gasteiger partial charge in [-0.2, -0.15) is 0 Å². The van der Waals surface area contributed by atoms with Crippen LogP contribution in [0.3, 0.4) is 0 Å². The minimum atomic E-state index is -3.82. The van der Waals surface area contributed by atoms with Crippen LogP contribution in [0.2, 0.25) is 0 Å².